The zero-order valence-electron chi connectivity index (χ0n) is 7.31. The lowest BCUT2D eigenvalue weighted by Gasteiger charge is -2.14. The number of nitrogens with zero attached hydrogens (tertiary/aromatic N) is 1. The van der Waals surface area contributed by atoms with Crippen molar-refractivity contribution >= 4 is 12.7 Å². The highest BCUT2D eigenvalue weighted by molar-refractivity contribution is 5.70. The fourth-order valence-corrected chi connectivity index (χ4v) is 1.17. The molecule has 0 N–H and O–H groups in total. The number of aliphatic imine (C=N–C) groups is 1. The Balaban J connectivity index is 0.000000845. The molecule has 0 fully saturated rings. The van der Waals surface area contributed by atoms with Gasteiger partial charge < -0.3 is 9.53 Å². The molecule has 60 valence electrons. The highest BCUT2D eigenvalue weighted by Gasteiger charge is 2.16. The summed E-state index contributed by atoms with van der Waals surface area (Å²) in [5.74, 6) is 0.713. The molecule has 3 heteroatoms. The van der Waals surface area contributed by atoms with Crippen molar-refractivity contribution in [3.8, 4) is 5.75 Å². The smallest absolute Gasteiger partial charge is 0.446 e. The normalized spacial score (nSPS) is 19.5. The van der Waals surface area contributed by atoms with Gasteiger partial charge in [-0.05, 0) is 6.07 Å². The largest absolute Gasteiger partial charge is 1.00 e. The summed E-state index contributed by atoms with van der Waals surface area (Å²) in [5.41, 5.74) is 0.829. The number of ether oxygens (including phenoxy) is 1. The lowest BCUT2D eigenvalue weighted by molar-refractivity contribution is -0.109. The third-order valence-electron chi connectivity index (χ3n) is 1.77. The minimum atomic E-state index is -0.394. The van der Waals surface area contributed by atoms with Crippen LogP contribution in [0.25, 0.3) is 0 Å². The molecule has 12 heavy (non-hydrogen) atoms. The molecule has 1 aliphatic heterocycles. The maximum absolute atomic E-state index is 10.6. The van der Waals surface area contributed by atoms with Crippen molar-refractivity contribution in [2.45, 2.75) is 6.04 Å². The van der Waals surface area contributed by atoms with Crippen LogP contribution < -0.4 is 4.74 Å². The van der Waals surface area contributed by atoms with E-state index >= 15 is 0 Å². The Hall–Kier alpha value is -1.64. The number of aldehydes is 1. The quantitative estimate of drug-likeness (QED) is 0.586. The van der Waals surface area contributed by atoms with Gasteiger partial charge in [0.2, 0.25) is 0 Å². The Morgan fingerprint density at radius 1 is 1.50 bits per heavy atom. The molecule has 1 atom stereocenters. The lowest BCUT2D eigenvalue weighted by atomic mass is 10.1. The van der Waals surface area contributed by atoms with Crippen molar-refractivity contribution in [1.29, 1.82) is 0 Å². The van der Waals surface area contributed by atoms with E-state index in [1.54, 1.807) is 0 Å². The third-order valence-corrected chi connectivity index (χ3v) is 1.77. The van der Waals surface area contributed by atoms with E-state index in [1.807, 2.05) is 24.3 Å². The predicted octanol–water partition coefficient (Wildman–Crippen LogP) is 1.46. The first-order valence-corrected chi connectivity index (χ1v) is 3.64. The summed E-state index contributed by atoms with van der Waals surface area (Å²) >= 11 is 0. The van der Waals surface area contributed by atoms with Gasteiger partial charge in [0, 0.05) is 5.56 Å². The first kappa shape index (κ1) is 7.03. The SMILES string of the molecule is O=CC1N=COc2ccccc21.[H+]. The fraction of sp³-hybridized carbons (Fsp3) is 0.111. The van der Waals surface area contributed by atoms with Gasteiger partial charge in [-0.1, -0.05) is 18.2 Å². The second-order valence-electron chi connectivity index (χ2n) is 2.49. The van der Waals surface area contributed by atoms with E-state index in [0.717, 1.165) is 11.8 Å². The van der Waals surface area contributed by atoms with E-state index in [9.17, 15) is 4.79 Å². The van der Waals surface area contributed by atoms with Crippen LogP contribution >= 0.6 is 0 Å². The van der Waals surface area contributed by atoms with Crippen LogP contribution in [0.5, 0.6) is 5.75 Å². The van der Waals surface area contributed by atoms with Crippen molar-refractivity contribution < 1.29 is 11.0 Å². The van der Waals surface area contributed by atoms with E-state index < -0.39 is 6.04 Å². The van der Waals surface area contributed by atoms with Gasteiger partial charge in [-0.15, -0.1) is 0 Å². The van der Waals surface area contributed by atoms with Gasteiger partial charge in [0.25, 0.3) is 0 Å². The van der Waals surface area contributed by atoms with Crippen molar-refractivity contribution in [2.75, 3.05) is 0 Å². The van der Waals surface area contributed by atoms with Crippen molar-refractivity contribution in [3.63, 3.8) is 0 Å². The van der Waals surface area contributed by atoms with Gasteiger partial charge in [-0.25, -0.2) is 4.99 Å². The lowest BCUT2D eigenvalue weighted by Crippen LogP contribution is -2.07. The van der Waals surface area contributed by atoms with Gasteiger partial charge in [0.15, 0.2) is 6.40 Å². The molecule has 0 radical (unpaired) electrons. The minimum Gasteiger partial charge on any atom is -0.446 e. The average molecular weight is 162 g/mol. The third kappa shape index (κ3) is 0.993. The zero-order valence-corrected chi connectivity index (χ0v) is 6.31. The Morgan fingerprint density at radius 2 is 2.33 bits per heavy atom. The molecule has 1 heterocycles. The summed E-state index contributed by atoms with van der Waals surface area (Å²) in [5, 5.41) is 0. The number of benzene rings is 1. The molecule has 0 spiro atoms. The summed E-state index contributed by atoms with van der Waals surface area (Å²) in [7, 11) is 0. The highest BCUT2D eigenvalue weighted by atomic mass is 16.5. The summed E-state index contributed by atoms with van der Waals surface area (Å²) in [6.45, 7) is 0. The van der Waals surface area contributed by atoms with Crippen LogP contribution in [0.1, 0.15) is 13.0 Å². The summed E-state index contributed by atoms with van der Waals surface area (Å²) in [6.07, 6.45) is 2.11. The number of carbonyl (C=O) groups is 1. The molecule has 0 saturated heterocycles. The first-order chi connectivity index (χ1) is 5.92. The van der Waals surface area contributed by atoms with Crippen molar-refractivity contribution in [3.05, 3.63) is 29.8 Å². The first-order valence-electron chi connectivity index (χ1n) is 3.64. The second-order valence-corrected chi connectivity index (χ2v) is 2.49. The standard InChI is InChI=1S/C9H7NO2/c11-5-8-7-3-1-2-4-9(7)12-6-10-8/h1-6,8H/p+1. The van der Waals surface area contributed by atoms with Crippen molar-refractivity contribution in [2.24, 2.45) is 4.99 Å². The van der Waals surface area contributed by atoms with Gasteiger partial charge in [0.1, 0.15) is 18.1 Å². The van der Waals surface area contributed by atoms with Crippen LogP contribution in [0.15, 0.2) is 29.3 Å². The molecule has 3 nitrogen and oxygen atoms in total. The number of rotatable bonds is 1. The molecule has 1 unspecified atom stereocenters. The number of hydrogen-bond donors (Lipinski definition) is 0. The topological polar surface area (TPSA) is 38.7 Å². The van der Waals surface area contributed by atoms with Crippen LogP contribution in [0.3, 0.4) is 0 Å². The zero-order chi connectivity index (χ0) is 8.39. The molecule has 0 aliphatic carbocycles. The number of carbonyl (C=O) groups excluding carboxylic acids is 1. The highest BCUT2D eigenvalue weighted by Crippen LogP contribution is 2.28. The molecule has 1 aromatic carbocycles. The fourth-order valence-electron chi connectivity index (χ4n) is 1.17. The number of fused-ring (bicyclic) bond motifs is 1. The van der Waals surface area contributed by atoms with Crippen molar-refractivity contribution in [1.82, 2.24) is 0 Å². The Kier molecular flexibility index (Phi) is 1.63. The Morgan fingerprint density at radius 3 is 3.17 bits per heavy atom. The number of para-hydroxylation sites is 1. The molecule has 2 rings (SSSR count). The predicted molar refractivity (Wildman–Crippen MR) is 45.5 cm³/mol. The summed E-state index contributed by atoms with van der Waals surface area (Å²) in [6, 6.07) is 6.98. The Bertz CT molecular complexity index is 338. The molecular formula is C9H8NO2+. The van der Waals surface area contributed by atoms with Crippen LogP contribution in [-0.2, 0) is 4.79 Å². The molecule has 0 bridgehead atoms. The van der Waals surface area contributed by atoms with E-state index in [4.69, 9.17) is 4.74 Å². The molecule has 1 aliphatic rings. The molecule has 1 aromatic rings. The van der Waals surface area contributed by atoms with Crippen LogP contribution in [0.2, 0.25) is 0 Å². The van der Waals surface area contributed by atoms with E-state index in [2.05, 4.69) is 4.99 Å². The van der Waals surface area contributed by atoms with E-state index in [-0.39, 0.29) is 1.43 Å². The summed E-state index contributed by atoms with van der Waals surface area (Å²) < 4.78 is 5.10. The van der Waals surface area contributed by atoms with Gasteiger partial charge in [-0.2, -0.15) is 0 Å². The molecule has 0 saturated carbocycles. The van der Waals surface area contributed by atoms with Gasteiger partial charge in [0.05, 0.1) is 0 Å². The van der Waals surface area contributed by atoms with Crippen LogP contribution in [-0.4, -0.2) is 12.7 Å². The van der Waals surface area contributed by atoms with Gasteiger partial charge in [-0.3, -0.25) is 0 Å². The monoisotopic (exact) mass is 162 g/mol. The maximum Gasteiger partial charge on any atom is 1.00 e. The molecular weight excluding hydrogens is 154 g/mol. The Labute approximate surface area is 71.2 Å². The summed E-state index contributed by atoms with van der Waals surface area (Å²) in [4.78, 5) is 14.4. The average Bonchev–Trinajstić information content (AvgIpc) is 2.17. The minimum absolute atomic E-state index is 0. The van der Waals surface area contributed by atoms with Gasteiger partial charge >= 0.3 is 1.43 Å². The maximum atomic E-state index is 10.6. The molecule has 0 aromatic heterocycles. The van der Waals surface area contributed by atoms with Crippen LogP contribution in [0, 0.1) is 0 Å². The second kappa shape index (κ2) is 2.77. The van der Waals surface area contributed by atoms with E-state index in [1.165, 1.54) is 6.40 Å². The van der Waals surface area contributed by atoms with E-state index in [0.29, 0.717) is 5.75 Å². The number of hydrogen-bond acceptors (Lipinski definition) is 3. The molecule has 0 amide bonds. The van der Waals surface area contributed by atoms with Crippen LogP contribution in [0.4, 0.5) is 0 Å².